The van der Waals surface area contributed by atoms with Gasteiger partial charge in [0.1, 0.15) is 12.2 Å². The monoisotopic (exact) mass is 347 g/mol. The van der Waals surface area contributed by atoms with Crippen LogP contribution in [0.5, 0.6) is 0 Å². The molecule has 3 atom stereocenters. The SMILES string of the molecule is CC(C)N(C)CC(=O)N1C[C@H](OCc2cccnc2)[C@H]2OCCC[C@H]21. The number of ether oxygens (including phenoxy) is 2. The van der Waals surface area contributed by atoms with Gasteiger partial charge in [0.15, 0.2) is 0 Å². The number of hydrogen-bond donors (Lipinski definition) is 0. The Morgan fingerprint density at radius 3 is 3.08 bits per heavy atom. The summed E-state index contributed by atoms with van der Waals surface area (Å²) in [6.45, 7) is 6.50. The summed E-state index contributed by atoms with van der Waals surface area (Å²) in [4.78, 5) is 21.0. The summed E-state index contributed by atoms with van der Waals surface area (Å²) in [5.41, 5.74) is 1.04. The van der Waals surface area contributed by atoms with Gasteiger partial charge in [-0.2, -0.15) is 0 Å². The smallest absolute Gasteiger partial charge is 0.237 e. The zero-order chi connectivity index (χ0) is 17.8. The molecule has 6 heteroatoms. The molecule has 2 fully saturated rings. The highest BCUT2D eigenvalue weighted by Crippen LogP contribution is 2.31. The average Bonchev–Trinajstić information content (AvgIpc) is 2.99. The van der Waals surface area contributed by atoms with E-state index in [0.29, 0.717) is 25.7 Å². The van der Waals surface area contributed by atoms with Gasteiger partial charge in [0.2, 0.25) is 5.91 Å². The van der Waals surface area contributed by atoms with Gasteiger partial charge in [-0.3, -0.25) is 14.7 Å². The Morgan fingerprint density at radius 1 is 1.52 bits per heavy atom. The summed E-state index contributed by atoms with van der Waals surface area (Å²) in [6.07, 6.45) is 5.48. The zero-order valence-electron chi connectivity index (χ0n) is 15.4. The maximum absolute atomic E-state index is 12.8. The van der Waals surface area contributed by atoms with E-state index >= 15 is 0 Å². The molecule has 1 aromatic rings. The molecule has 0 N–H and O–H groups in total. The van der Waals surface area contributed by atoms with Crippen molar-refractivity contribution < 1.29 is 14.3 Å². The molecule has 0 aliphatic carbocycles. The highest BCUT2D eigenvalue weighted by Gasteiger charge is 2.46. The first-order chi connectivity index (χ1) is 12.1. The molecule has 3 rings (SSSR count). The molecular weight excluding hydrogens is 318 g/mol. The topological polar surface area (TPSA) is 54.9 Å². The van der Waals surface area contributed by atoms with Crippen molar-refractivity contribution in [1.29, 1.82) is 0 Å². The quantitative estimate of drug-likeness (QED) is 0.784. The van der Waals surface area contributed by atoms with Crippen LogP contribution in [0.15, 0.2) is 24.5 Å². The molecule has 0 unspecified atom stereocenters. The number of aromatic nitrogens is 1. The van der Waals surface area contributed by atoms with Crippen LogP contribution in [0.25, 0.3) is 0 Å². The standard InChI is InChI=1S/C19H29N3O3/c1-14(2)21(3)12-18(23)22-11-17(19-16(22)7-5-9-24-19)25-13-15-6-4-8-20-10-15/h4,6,8,10,14,16-17,19H,5,7,9,11-13H2,1-3H3/t16-,17+,19+/m1/s1. The van der Waals surface area contributed by atoms with E-state index in [1.54, 1.807) is 6.20 Å². The molecule has 0 saturated carbocycles. The minimum atomic E-state index is -0.0705. The average molecular weight is 347 g/mol. The lowest BCUT2D eigenvalue weighted by molar-refractivity contribution is -0.136. The normalized spacial score (nSPS) is 26.3. The van der Waals surface area contributed by atoms with Gasteiger partial charge in [0.25, 0.3) is 0 Å². The first-order valence-electron chi connectivity index (χ1n) is 9.18. The lowest BCUT2D eigenvalue weighted by Gasteiger charge is -2.33. The van der Waals surface area contributed by atoms with E-state index in [2.05, 4.69) is 23.7 Å². The number of likely N-dealkylation sites (N-methyl/N-ethyl adjacent to an activating group) is 1. The maximum Gasteiger partial charge on any atom is 0.237 e. The van der Waals surface area contributed by atoms with Gasteiger partial charge in [-0.1, -0.05) is 6.07 Å². The van der Waals surface area contributed by atoms with Crippen molar-refractivity contribution in [2.75, 3.05) is 26.7 Å². The van der Waals surface area contributed by atoms with Crippen molar-refractivity contribution in [1.82, 2.24) is 14.8 Å². The number of pyridine rings is 1. The number of likely N-dealkylation sites (tertiary alicyclic amines) is 1. The lowest BCUT2D eigenvalue weighted by Crippen LogP contribution is -2.47. The van der Waals surface area contributed by atoms with Crippen LogP contribution < -0.4 is 0 Å². The third-order valence-electron chi connectivity index (χ3n) is 5.25. The van der Waals surface area contributed by atoms with E-state index in [9.17, 15) is 4.79 Å². The van der Waals surface area contributed by atoms with Gasteiger partial charge >= 0.3 is 0 Å². The number of carbonyl (C=O) groups excluding carboxylic acids is 1. The van der Waals surface area contributed by atoms with E-state index in [4.69, 9.17) is 9.47 Å². The third-order valence-corrected chi connectivity index (χ3v) is 5.25. The summed E-state index contributed by atoms with van der Waals surface area (Å²) in [5.74, 6) is 0.171. The number of amides is 1. The number of fused-ring (bicyclic) bond motifs is 1. The second-order valence-electron chi connectivity index (χ2n) is 7.31. The Balaban J connectivity index is 1.63. The summed E-state index contributed by atoms with van der Waals surface area (Å²) in [6, 6.07) is 4.40. The van der Waals surface area contributed by atoms with E-state index in [0.717, 1.165) is 25.0 Å². The lowest BCUT2D eigenvalue weighted by atomic mass is 10.0. The number of carbonyl (C=O) groups is 1. The number of hydrogen-bond acceptors (Lipinski definition) is 5. The van der Waals surface area contributed by atoms with Crippen molar-refractivity contribution in [3.05, 3.63) is 30.1 Å². The Morgan fingerprint density at radius 2 is 2.36 bits per heavy atom. The van der Waals surface area contributed by atoms with Crippen molar-refractivity contribution in [2.45, 2.75) is 57.6 Å². The first kappa shape index (κ1) is 18.3. The number of nitrogens with zero attached hydrogens (tertiary/aromatic N) is 3. The van der Waals surface area contributed by atoms with Gasteiger partial charge in [-0.15, -0.1) is 0 Å². The van der Waals surface area contributed by atoms with Gasteiger partial charge < -0.3 is 14.4 Å². The fraction of sp³-hybridized carbons (Fsp3) is 0.684. The summed E-state index contributed by atoms with van der Waals surface area (Å²) >= 11 is 0. The molecule has 2 saturated heterocycles. The van der Waals surface area contributed by atoms with Crippen molar-refractivity contribution in [3.63, 3.8) is 0 Å². The molecule has 2 aliphatic rings. The van der Waals surface area contributed by atoms with Crippen LogP contribution in [0.3, 0.4) is 0 Å². The molecule has 0 aromatic carbocycles. The second kappa shape index (κ2) is 8.25. The highest BCUT2D eigenvalue weighted by atomic mass is 16.5. The number of rotatable bonds is 6. The fourth-order valence-corrected chi connectivity index (χ4v) is 3.52. The summed E-state index contributed by atoms with van der Waals surface area (Å²) in [5, 5.41) is 0. The second-order valence-corrected chi connectivity index (χ2v) is 7.31. The molecule has 3 heterocycles. The Hall–Kier alpha value is -1.50. The van der Waals surface area contributed by atoms with E-state index in [1.165, 1.54) is 0 Å². The molecule has 1 aromatic heterocycles. The minimum absolute atomic E-state index is 0.0151. The van der Waals surface area contributed by atoms with Crippen molar-refractivity contribution >= 4 is 5.91 Å². The van der Waals surface area contributed by atoms with Crippen molar-refractivity contribution in [3.8, 4) is 0 Å². The molecule has 138 valence electrons. The highest BCUT2D eigenvalue weighted by molar-refractivity contribution is 5.79. The van der Waals surface area contributed by atoms with Crippen molar-refractivity contribution in [2.24, 2.45) is 0 Å². The predicted molar refractivity (Wildman–Crippen MR) is 95.1 cm³/mol. The maximum atomic E-state index is 12.8. The van der Waals surface area contributed by atoms with E-state index in [-0.39, 0.29) is 24.2 Å². The molecule has 0 radical (unpaired) electrons. The van der Waals surface area contributed by atoms with Crippen LogP contribution in [0.2, 0.25) is 0 Å². The molecule has 0 bridgehead atoms. The van der Waals surface area contributed by atoms with Crippen LogP contribution in [0.1, 0.15) is 32.3 Å². The zero-order valence-corrected chi connectivity index (χ0v) is 15.4. The van der Waals surface area contributed by atoms with Gasteiger partial charge in [0.05, 0.1) is 19.2 Å². The minimum Gasteiger partial charge on any atom is -0.373 e. The first-order valence-corrected chi connectivity index (χ1v) is 9.18. The Kier molecular flexibility index (Phi) is 6.04. The Bertz CT molecular complexity index is 566. The van der Waals surface area contributed by atoms with Crippen LogP contribution in [0.4, 0.5) is 0 Å². The van der Waals surface area contributed by atoms with Crippen LogP contribution in [0, 0.1) is 0 Å². The Labute approximate surface area is 150 Å². The van der Waals surface area contributed by atoms with Crippen LogP contribution in [-0.2, 0) is 20.9 Å². The van der Waals surface area contributed by atoms with Crippen LogP contribution in [-0.4, -0.2) is 71.7 Å². The summed E-state index contributed by atoms with van der Waals surface area (Å²) < 4.78 is 12.1. The third kappa shape index (κ3) is 4.37. The molecular formula is C19H29N3O3. The molecule has 1 amide bonds. The molecule has 25 heavy (non-hydrogen) atoms. The molecule has 6 nitrogen and oxygen atoms in total. The van der Waals surface area contributed by atoms with Gasteiger partial charge in [-0.25, -0.2) is 0 Å². The summed E-state index contributed by atoms with van der Waals surface area (Å²) in [7, 11) is 1.99. The van der Waals surface area contributed by atoms with Gasteiger partial charge in [0, 0.05) is 31.6 Å². The van der Waals surface area contributed by atoms with E-state index < -0.39 is 0 Å². The predicted octanol–water partition coefficient (Wildman–Crippen LogP) is 1.70. The van der Waals surface area contributed by atoms with Gasteiger partial charge in [-0.05, 0) is 45.4 Å². The van der Waals surface area contributed by atoms with E-state index in [1.807, 2.05) is 30.3 Å². The fourth-order valence-electron chi connectivity index (χ4n) is 3.52. The molecule has 2 aliphatic heterocycles. The molecule has 0 spiro atoms. The largest absolute Gasteiger partial charge is 0.373 e. The van der Waals surface area contributed by atoms with Crippen LogP contribution >= 0.6 is 0 Å².